The number of aromatic nitrogens is 4. The Labute approximate surface area is 118 Å². The molecule has 5 nitrogen and oxygen atoms in total. The number of anilines is 1. The standard InChI is InChI=1S/C14H11F2N5/c15-14(16)5-8-3-1-2-4-9(8)11(14)21-13-10-12(18-6-17-10)19-7-20-13/h1-4,6-7,11H,5H2,(H2,17,18,19,20,21). The Hall–Kier alpha value is -2.57. The van der Waals surface area contributed by atoms with Crippen molar-refractivity contribution in [1.29, 1.82) is 0 Å². The van der Waals surface area contributed by atoms with Crippen LogP contribution in [0.25, 0.3) is 11.2 Å². The predicted molar refractivity (Wildman–Crippen MR) is 73.1 cm³/mol. The van der Waals surface area contributed by atoms with Crippen molar-refractivity contribution in [2.24, 2.45) is 0 Å². The van der Waals surface area contributed by atoms with Crippen LogP contribution in [0.5, 0.6) is 0 Å². The van der Waals surface area contributed by atoms with Gasteiger partial charge in [-0.3, -0.25) is 0 Å². The van der Waals surface area contributed by atoms with E-state index >= 15 is 0 Å². The highest BCUT2D eigenvalue weighted by Gasteiger charge is 2.47. The summed E-state index contributed by atoms with van der Waals surface area (Å²) in [4.78, 5) is 14.9. The van der Waals surface area contributed by atoms with Crippen LogP contribution in [0, 0.1) is 0 Å². The van der Waals surface area contributed by atoms with Crippen LogP contribution in [0.2, 0.25) is 0 Å². The number of nitrogens with zero attached hydrogens (tertiary/aromatic N) is 3. The second kappa shape index (κ2) is 4.21. The van der Waals surface area contributed by atoms with Crippen molar-refractivity contribution in [3.05, 3.63) is 48.0 Å². The van der Waals surface area contributed by atoms with E-state index in [1.807, 2.05) is 0 Å². The number of rotatable bonds is 2. The molecule has 0 saturated heterocycles. The first-order valence-corrected chi connectivity index (χ1v) is 6.51. The van der Waals surface area contributed by atoms with Crippen LogP contribution in [0.1, 0.15) is 17.2 Å². The van der Waals surface area contributed by atoms with E-state index in [1.165, 1.54) is 12.7 Å². The maximum Gasteiger partial charge on any atom is 0.275 e. The molecule has 2 aromatic heterocycles. The Kier molecular flexibility index (Phi) is 2.44. The number of hydrogen-bond acceptors (Lipinski definition) is 4. The van der Waals surface area contributed by atoms with E-state index in [2.05, 4.69) is 25.3 Å². The van der Waals surface area contributed by atoms with E-state index in [1.54, 1.807) is 24.3 Å². The summed E-state index contributed by atoms with van der Waals surface area (Å²) < 4.78 is 28.6. The Bertz CT molecular complexity index is 814. The third-order valence-corrected chi connectivity index (χ3v) is 3.72. The molecule has 0 spiro atoms. The minimum atomic E-state index is -2.86. The molecule has 0 amide bonds. The van der Waals surface area contributed by atoms with Crippen molar-refractivity contribution >= 4 is 17.0 Å². The third kappa shape index (κ3) is 1.84. The number of benzene rings is 1. The SMILES string of the molecule is FC1(F)Cc2ccccc2C1Nc1ncnc2nc[nH]c12. The third-order valence-electron chi connectivity index (χ3n) is 3.72. The molecule has 4 rings (SSSR count). The summed E-state index contributed by atoms with van der Waals surface area (Å²) in [6.07, 6.45) is 2.51. The van der Waals surface area contributed by atoms with Gasteiger partial charge in [0.2, 0.25) is 0 Å². The Morgan fingerprint density at radius 1 is 1.19 bits per heavy atom. The van der Waals surface area contributed by atoms with Crippen molar-refractivity contribution < 1.29 is 8.78 Å². The highest BCUT2D eigenvalue weighted by Crippen LogP contribution is 2.44. The monoisotopic (exact) mass is 287 g/mol. The van der Waals surface area contributed by atoms with Gasteiger partial charge in [-0.1, -0.05) is 24.3 Å². The summed E-state index contributed by atoms with van der Waals surface area (Å²) in [5.41, 5.74) is 2.24. The number of alkyl halides is 2. The number of nitrogens with one attached hydrogen (secondary N) is 2. The van der Waals surface area contributed by atoms with Gasteiger partial charge in [0.05, 0.1) is 6.33 Å². The lowest BCUT2D eigenvalue weighted by molar-refractivity contribution is -0.00712. The fourth-order valence-corrected chi connectivity index (χ4v) is 2.75. The van der Waals surface area contributed by atoms with E-state index in [9.17, 15) is 8.78 Å². The lowest BCUT2D eigenvalue weighted by Gasteiger charge is -2.21. The van der Waals surface area contributed by atoms with Crippen LogP contribution in [-0.4, -0.2) is 25.9 Å². The number of aromatic amines is 1. The molecule has 7 heteroatoms. The van der Waals surface area contributed by atoms with Gasteiger partial charge in [-0.05, 0) is 11.1 Å². The zero-order valence-corrected chi connectivity index (χ0v) is 10.8. The quantitative estimate of drug-likeness (QED) is 0.760. The number of H-pyrrole nitrogens is 1. The summed E-state index contributed by atoms with van der Waals surface area (Å²) in [7, 11) is 0. The molecule has 0 bridgehead atoms. The van der Waals surface area contributed by atoms with Gasteiger partial charge in [-0.2, -0.15) is 0 Å². The van der Waals surface area contributed by atoms with E-state index in [0.29, 0.717) is 28.1 Å². The normalized spacial score (nSPS) is 19.6. The van der Waals surface area contributed by atoms with Crippen LogP contribution in [0.15, 0.2) is 36.9 Å². The van der Waals surface area contributed by atoms with Crippen molar-refractivity contribution in [3.8, 4) is 0 Å². The number of halogens is 2. The number of fused-ring (bicyclic) bond motifs is 2. The van der Waals surface area contributed by atoms with Gasteiger partial charge in [-0.25, -0.2) is 23.7 Å². The van der Waals surface area contributed by atoms with Crippen molar-refractivity contribution in [2.45, 2.75) is 18.4 Å². The summed E-state index contributed by atoms with van der Waals surface area (Å²) in [5.74, 6) is -2.53. The minimum Gasteiger partial charge on any atom is -0.356 e. The molecule has 3 aromatic rings. The van der Waals surface area contributed by atoms with E-state index in [4.69, 9.17) is 0 Å². The van der Waals surface area contributed by atoms with Crippen molar-refractivity contribution in [1.82, 2.24) is 19.9 Å². The Morgan fingerprint density at radius 2 is 2.05 bits per heavy atom. The fourth-order valence-electron chi connectivity index (χ4n) is 2.75. The summed E-state index contributed by atoms with van der Waals surface area (Å²) in [6.45, 7) is 0. The predicted octanol–water partition coefficient (Wildman–Crippen LogP) is 2.70. The molecule has 106 valence electrons. The molecule has 0 radical (unpaired) electrons. The second-order valence-electron chi connectivity index (χ2n) is 5.04. The molecular formula is C14H11F2N5. The molecule has 0 fully saturated rings. The van der Waals surface area contributed by atoms with E-state index < -0.39 is 12.0 Å². The molecule has 1 atom stereocenters. The first-order chi connectivity index (χ1) is 10.1. The Balaban J connectivity index is 1.78. The van der Waals surface area contributed by atoms with Crippen LogP contribution in [0.3, 0.4) is 0 Å². The lowest BCUT2D eigenvalue weighted by Crippen LogP contribution is -2.28. The van der Waals surface area contributed by atoms with Gasteiger partial charge in [0.1, 0.15) is 17.9 Å². The van der Waals surface area contributed by atoms with E-state index in [0.717, 1.165) is 0 Å². The largest absolute Gasteiger partial charge is 0.356 e. The summed E-state index contributed by atoms with van der Waals surface area (Å²) >= 11 is 0. The topological polar surface area (TPSA) is 66.5 Å². The molecule has 1 unspecified atom stereocenters. The Morgan fingerprint density at radius 3 is 2.95 bits per heavy atom. The van der Waals surface area contributed by atoms with Crippen LogP contribution in [0.4, 0.5) is 14.6 Å². The van der Waals surface area contributed by atoms with Crippen LogP contribution < -0.4 is 5.32 Å². The minimum absolute atomic E-state index is 0.266. The van der Waals surface area contributed by atoms with Crippen molar-refractivity contribution in [3.63, 3.8) is 0 Å². The molecule has 2 N–H and O–H groups in total. The van der Waals surface area contributed by atoms with Gasteiger partial charge in [0, 0.05) is 6.42 Å². The molecule has 1 aliphatic rings. The van der Waals surface area contributed by atoms with Gasteiger partial charge in [0.15, 0.2) is 11.5 Å². The molecule has 0 aliphatic heterocycles. The van der Waals surface area contributed by atoms with Crippen LogP contribution in [-0.2, 0) is 6.42 Å². The zero-order chi connectivity index (χ0) is 14.4. The van der Waals surface area contributed by atoms with Gasteiger partial charge >= 0.3 is 0 Å². The number of imidazole rings is 1. The molecular weight excluding hydrogens is 276 g/mol. The highest BCUT2D eigenvalue weighted by molar-refractivity contribution is 5.82. The summed E-state index contributed by atoms with van der Waals surface area (Å²) in [5, 5.41) is 2.84. The summed E-state index contributed by atoms with van der Waals surface area (Å²) in [6, 6.07) is 5.89. The second-order valence-corrected chi connectivity index (χ2v) is 5.04. The first kappa shape index (κ1) is 12.2. The molecule has 1 aromatic carbocycles. The molecule has 0 saturated carbocycles. The van der Waals surface area contributed by atoms with E-state index in [-0.39, 0.29) is 6.42 Å². The average molecular weight is 287 g/mol. The molecule has 21 heavy (non-hydrogen) atoms. The molecule has 1 aliphatic carbocycles. The zero-order valence-electron chi connectivity index (χ0n) is 10.8. The van der Waals surface area contributed by atoms with Gasteiger partial charge < -0.3 is 10.3 Å². The fraction of sp³-hybridized carbons (Fsp3) is 0.214. The van der Waals surface area contributed by atoms with Gasteiger partial charge in [-0.15, -0.1) is 0 Å². The molecule has 2 heterocycles. The van der Waals surface area contributed by atoms with Gasteiger partial charge in [0.25, 0.3) is 5.92 Å². The van der Waals surface area contributed by atoms with Crippen molar-refractivity contribution in [2.75, 3.05) is 5.32 Å². The maximum absolute atomic E-state index is 14.3. The average Bonchev–Trinajstić information content (AvgIpc) is 3.02. The van der Waals surface area contributed by atoms with Crippen LogP contribution >= 0.6 is 0 Å². The lowest BCUT2D eigenvalue weighted by atomic mass is 10.1. The smallest absolute Gasteiger partial charge is 0.275 e. The highest BCUT2D eigenvalue weighted by atomic mass is 19.3. The maximum atomic E-state index is 14.3. The first-order valence-electron chi connectivity index (χ1n) is 6.51. The number of hydrogen-bond donors (Lipinski definition) is 2.